The van der Waals surface area contributed by atoms with Gasteiger partial charge in [0.25, 0.3) is 11.8 Å². The summed E-state index contributed by atoms with van der Waals surface area (Å²) in [4.78, 5) is 41.9. The molecule has 3 aromatic carbocycles. The molecular formula is C32H37N3O4S. The van der Waals surface area contributed by atoms with Gasteiger partial charge in [0, 0.05) is 16.9 Å². The van der Waals surface area contributed by atoms with Crippen molar-refractivity contribution >= 4 is 29.5 Å². The van der Waals surface area contributed by atoms with Crippen molar-refractivity contribution in [2.75, 3.05) is 5.88 Å². The summed E-state index contributed by atoms with van der Waals surface area (Å²) in [5.74, 6) is -0.975. The van der Waals surface area contributed by atoms with Gasteiger partial charge in [0.2, 0.25) is 5.91 Å². The molecule has 0 bridgehead atoms. The van der Waals surface area contributed by atoms with Crippen molar-refractivity contribution in [1.29, 1.82) is 0 Å². The molecular weight excluding hydrogens is 522 g/mol. The Morgan fingerprint density at radius 1 is 1.00 bits per heavy atom. The molecule has 0 saturated carbocycles. The van der Waals surface area contributed by atoms with E-state index in [0.717, 1.165) is 22.3 Å². The van der Waals surface area contributed by atoms with Crippen molar-refractivity contribution in [3.05, 3.63) is 107 Å². The Bertz CT molecular complexity index is 1360. The predicted octanol–water partition coefficient (Wildman–Crippen LogP) is 4.00. The molecule has 0 radical (unpaired) electrons. The van der Waals surface area contributed by atoms with Crippen LogP contribution in [0.2, 0.25) is 0 Å². The molecule has 1 aliphatic heterocycles. The van der Waals surface area contributed by atoms with E-state index in [0.29, 0.717) is 12.1 Å². The Hall–Kier alpha value is -3.62. The highest BCUT2D eigenvalue weighted by molar-refractivity contribution is 8.00. The van der Waals surface area contributed by atoms with Gasteiger partial charge in [-0.2, -0.15) is 0 Å². The zero-order chi connectivity index (χ0) is 28.9. The van der Waals surface area contributed by atoms with Crippen molar-refractivity contribution in [2.45, 2.75) is 63.6 Å². The Balaban J connectivity index is 1.54. The van der Waals surface area contributed by atoms with Gasteiger partial charge in [-0.1, -0.05) is 72.3 Å². The second-order valence-corrected chi connectivity index (χ2v) is 12.4. The fraction of sp³-hybridized carbons (Fsp3) is 0.344. The van der Waals surface area contributed by atoms with Crippen molar-refractivity contribution in [3.63, 3.8) is 0 Å². The molecule has 0 aliphatic carbocycles. The lowest BCUT2D eigenvalue weighted by atomic mass is 9.96. The van der Waals surface area contributed by atoms with Gasteiger partial charge in [-0.15, -0.1) is 11.8 Å². The summed E-state index contributed by atoms with van der Waals surface area (Å²) in [6.07, 6.45) is -1.30. The van der Waals surface area contributed by atoms with E-state index >= 15 is 0 Å². The zero-order valence-electron chi connectivity index (χ0n) is 23.4. The first-order valence-corrected chi connectivity index (χ1v) is 14.4. The van der Waals surface area contributed by atoms with E-state index in [4.69, 9.17) is 0 Å². The Morgan fingerprint density at radius 2 is 1.70 bits per heavy atom. The summed E-state index contributed by atoms with van der Waals surface area (Å²) in [7, 11) is 0. The summed E-state index contributed by atoms with van der Waals surface area (Å²) in [5.41, 5.74) is 4.31. The van der Waals surface area contributed by atoms with Crippen LogP contribution >= 0.6 is 11.8 Å². The van der Waals surface area contributed by atoms with Crippen LogP contribution in [0.4, 0.5) is 0 Å². The number of rotatable bonds is 9. The van der Waals surface area contributed by atoms with Crippen molar-refractivity contribution in [2.24, 2.45) is 0 Å². The third-order valence-corrected chi connectivity index (χ3v) is 8.70. The molecule has 3 N–H and O–H groups in total. The van der Waals surface area contributed by atoms with Gasteiger partial charge in [0.15, 0.2) is 6.10 Å². The van der Waals surface area contributed by atoms with Crippen LogP contribution in [-0.4, -0.2) is 56.5 Å². The molecule has 3 atom stereocenters. The molecule has 8 heteroatoms. The highest BCUT2D eigenvalue weighted by Crippen LogP contribution is 2.40. The average molecular weight is 560 g/mol. The highest BCUT2D eigenvalue weighted by Gasteiger charge is 2.49. The van der Waals surface area contributed by atoms with Crippen LogP contribution in [-0.2, 0) is 22.6 Å². The molecule has 40 heavy (non-hydrogen) atoms. The molecule has 0 aromatic heterocycles. The SMILES string of the molecule is Cc1cccc(C(=O)NC(Cc2ccccc2)C(O)C(=O)N2CSC(C)(C)C2C(=O)NCc2ccccc2C)c1. The largest absolute Gasteiger partial charge is 0.381 e. The Morgan fingerprint density at radius 3 is 2.40 bits per heavy atom. The van der Waals surface area contributed by atoms with Gasteiger partial charge >= 0.3 is 0 Å². The lowest BCUT2D eigenvalue weighted by Crippen LogP contribution is -2.58. The maximum atomic E-state index is 13.8. The highest BCUT2D eigenvalue weighted by atomic mass is 32.2. The first-order chi connectivity index (χ1) is 19.1. The molecule has 1 aliphatic rings. The van der Waals surface area contributed by atoms with Gasteiger partial charge in [-0.3, -0.25) is 14.4 Å². The third-order valence-electron chi connectivity index (χ3n) is 7.32. The fourth-order valence-corrected chi connectivity index (χ4v) is 6.13. The van der Waals surface area contributed by atoms with Crippen molar-refractivity contribution in [3.8, 4) is 0 Å². The van der Waals surface area contributed by atoms with E-state index in [1.54, 1.807) is 18.2 Å². The quantitative estimate of drug-likeness (QED) is 0.368. The lowest BCUT2D eigenvalue weighted by molar-refractivity contribution is -0.147. The number of aliphatic hydroxyl groups is 1. The molecule has 1 saturated heterocycles. The van der Waals surface area contributed by atoms with Crippen LogP contribution in [0.3, 0.4) is 0 Å². The molecule has 3 amide bonds. The number of aryl methyl sites for hydroxylation is 2. The van der Waals surface area contributed by atoms with E-state index in [-0.39, 0.29) is 24.1 Å². The van der Waals surface area contributed by atoms with E-state index in [1.807, 2.05) is 88.4 Å². The number of carbonyl (C=O) groups excluding carboxylic acids is 3. The number of benzene rings is 3. The lowest BCUT2D eigenvalue weighted by Gasteiger charge is -2.33. The minimum atomic E-state index is -1.55. The van der Waals surface area contributed by atoms with Gasteiger partial charge in [0.05, 0.1) is 11.9 Å². The number of hydrogen-bond donors (Lipinski definition) is 3. The van der Waals surface area contributed by atoms with Gasteiger partial charge in [0.1, 0.15) is 6.04 Å². The van der Waals surface area contributed by atoms with Crippen LogP contribution in [0.15, 0.2) is 78.9 Å². The molecule has 4 rings (SSSR count). The van der Waals surface area contributed by atoms with Crippen LogP contribution in [0.5, 0.6) is 0 Å². The van der Waals surface area contributed by atoms with Crippen LogP contribution in [0.1, 0.15) is 46.5 Å². The normalized spacial score (nSPS) is 17.6. The minimum Gasteiger partial charge on any atom is -0.381 e. The van der Waals surface area contributed by atoms with Gasteiger partial charge in [-0.05, 0) is 62.9 Å². The molecule has 0 spiro atoms. The molecule has 3 unspecified atom stereocenters. The van der Waals surface area contributed by atoms with E-state index in [9.17, 15) is 19.5 Å². The van der Waals surface area contributed by atoms with Crippen molar-refractivity contribution < 1.29 is 19.5 Å². The molecule has 210 valence electrons. The van der Waals surface area contributed by atoms with Crippen LogP contribution < -0.4 is 10.6 Å². The first kappa shape index (κ1) is 29.4. The molecule has 1 fully saturated rings. The number of amides is 3. The predicted molar refractivity (Wildman–Crippen MR) is 159 cm³/mol. The summed E-state index contributed by atoms with van der Waals surface area (Å²) in [6.45, 7) is 8.08. The Kier molecular flexibility index (Phi) is 9.32. The molecule has 3 aromatic rings. The zero-order valence-corrected chi connectivity index (χ0v) is 24.2. The summed E-state index contributed by atoms with van der Waals surface area (Å²) < 4.78 is -0.565. The average Bonchev–Trinajstić information content (AvgIpc) is 3.26. The number of aliphatic hydroxyl groups excluding tert-OH is 1. The number of hydrogen-bond acceptors (Lipinski definition) is 5. The minimum absolute atomic E-state index is 0.250. The number of nitrogens with zero attached hydrogens (tertiary/aromatic N) is 1. The summed E-state index contributed by atoms with van der Waals surface area (Å²) >= 11 is 1.49. The van der Waals surface area contributed by atoms with Crippen LogP contribution in [0.25, 0.3) is 0 Å². The molecule has 7 nitrogen and oxygen atoms in total. The maximum absolute atomic E-state index is 13.8. The monoisotopic (exact) mass is 559 g/mol. The smallest absolute Gasteiger partial charge is 0.254 e. The van der Waals surface area contributed by atoms with Crippen LogP contribution in [0, 0.1) is 13.8 Å². The maximum Gasteiger partial charge on any atom is 0.254 e. The first-order valence-electron chi connectivity index (χ1n) is 13.4. The van der Waals surface area contributed by atoms with E-state index in [1.165, 1.54) is 16.7 Å². The van der Waals surface area contributed by atoms with Gasteiger partial charge in [-0.25, -0.2) is 0 Å². The van der Waals surface area contributed by atoms with E-state index < -0.39 is 28.8 Å². The standard InChI is InChI=1S/C32H37N3O4S/c1-21-11-10-16-24(17-21)29(37)34-26(18-23-13-6-5-7-14-23)27(36)31(39)35-20-40-32(3,4)28(35)30(38)33-19-25-15-9-8-12-22(25)2/h5-17,26-28,36H,18-20H2,1-4H3,(H,33,38)(H,34,37). The number of carbonyl (C=O) groups is 3. The second kappa shape index (κ2) is 12.7. The summed E-state index contributed by atoms with van der Waals surface area (Å²) in [6, 6.07) is 22.7. The fourth-order valence-electron chi connectivity index (χ4n) is 4.99. The number of thioether (sulfide) groups is 1. The van der Waals surface area contributed by atoms with E-state index in [2.05, 4.69) is 10.6 Å². The third kappa shape index (κ3) is 6.92. The number of nitrogens with one attached hydrogen (secondary N) is 2. The Labute approximate surface area is 240 Å². The van der Waals surface area contributed by atoms with Crippen molar-refractivity contribution in [1.82, 2.24) is 15.5 Å². The topological polar surface area (TPSA) is 98.7 Å². The molecule has 1 heterocycles. The van der Waals surface area contributed by atoms with Gasteiger partial charge < -0.3 is 20.6 Å². The summed E-state index contributed by atoms with van der Waals surface area (Å²) in [5, 5.41) is 17.3. The second-order valence-electron chi connectivity index (χ2n) is 10.8.